The van der Waals surface area contributed by atoms with E-state index in [2.05, 4.69) is 76.0 Å². The van der Waals surface area contributed by atoms with E-state index in [-0.39, 0.29) is 5.41 Å². The van der Waals surface area contributed by atoms with Gasteiger partial charge in [0.1, 0.15) is 0 Å². The van der Waals surface area contributed by atoms with Gasteiger partial charge in [-0.15, -0.1) is 0 Å². The fourth-order valence-electron chi connectivity index (χ4n) is 3.20. The molecule has 1 aromatic carbocycles. The molecule has 1 aliphatic rings. The van der Waals surface area contributed by atoms with Crippen molar-refractivity contribution in [1.29, 1.82) is 0 Å². The van der Waals surface area contributed by atoms with Gasteiger partial charge in [0.2, 0.25) is 0 Å². The lowest BCUT2D eigenvalue weighted by Crippen LogP contribution is -2.46. The zero-order valence-corrected chi connectivity index (χ0v) is 15.1. The van der Waals surface area contributed by atoms with Gasteiger partial charge >= 0.3 is 0 Å². The number of thioether (sulfide) groups is 1. The molecule has 0 amide bonds. The van der Waals surface area contributed by atoms with Gasteiger partial charge in [0.25, 0.3) is 0 Å². The summed E-state index contributed by atoms with van der Waals surface area (Å²) < 4.78 is 0.401. The zero-order chi connectivity index (χ0) is 15.5. The third kappa shape index (κ3) is 4.26. The normalized spacial score (nSPS) is 24.2. The van der Waals surface area contributed by atoms with Gasteiger partial charge in [0.15, 0.2) is 0 Å². The first-order valence-corrected chi connectivity index (χ1v) is 9.30. The maximum absolute atomic E-state index is 3.74. The molecule has 2 unspecified atom stereocenters. The van der Waals surface area contributed by atoms with Crippen LogP contribution < -0.4 is 5.32 Å². The maximum Gasteiger partial charge on any atom is 0.0288 e. The molecule has 1 aliphatic heterocycles. The summed E-state index contributed by atoms with van der Waals surface area (Å²) in [7, 11) is 0. The van der Waals surface area contributed by atoms with Crippen molar-refractivity contribution in [2.24, 2.45) is 0 Å². The fraction of sp³-hybridized carbons (Fsp3) is 0.684. The molecule has 1 heterocycles. The van der Waals surface area contributed by atoms with Crippen LogP contribution in [0.25, 0.3) is 0 Å². The second-order valence-electron chi connectivity index (χ2n) is 7.53. The summed E-state index contributed by atoms with van der Waals surface area (Å²) in [5, 5.41) is 3.74. The van der Waals surface area contributed by atoms with E-state index < -0.39 is 0 Å². The summed E-state index contributed by atoms with van der Waals surface area (Å²) in [6.45, 7) is 12.6. The Morgan fingerprint density at radius 3 is 2.38 bits per heavy atom. The first-order valence-electron chi connectivity index (χ1n) is 8.32. The molecule has 1 aromatic rings. The molecule has 0 spiro atoms. The predicted molar refractivity (Wildman–Crippen MR) is 96.4 cm³/mol. The molecule has 1 nitrogen and oxygen atoms in total. The molecule has 2 rings (SSSR count). The highest BCUT2D eigenvalue weighted by Gasteiger charge is 2.37. The molecule has 1 saturated heterocycles. The van der Waals surface area contributed by atoms with Crippen LogP contribution in [-0.2, 0) is 11.8 Å². The summed E-state index contributed by atoms with van der Waals surface area (Å²) in [5.74, 6) is 1.32. The Bertz CT molecular complexity index is 438. The lowest BCUT2D eigenvalue weighted by molar-refractivity contribution is 0.406. The zero-order valence-electron chi connectivity index (χ0n) is 14.3. The van der Waals surface area contributed by atoms with E-state index in [1.54, 1.807) is 0 Å². The number of nitrogens with one attached hydrogen (secondary N) is 1. The monoisotopic (exact) mass is 305 g/mol. The Kier molecular flexibility index (Phi) is 5.43. The Hall–Kier alpha value is -0.470. The van der Waals surface area contributed by atoms with Crippen LogP contribution in [0.15, 0.2) is 24.3 Å². The molecule has 0 aromatic heterocycles. The van der Waals surface area contributed by atoms with Crippen molar-refractivity contribution in [2.75, 3.05) is 12.3 Å². The van der Waals surface area contributed by atoms with Gasteiger partial charge in [-0.25, -0.2) is 0 Å². The third-order valence-electron chi connectivity index (χ3n) is 4.70. The lowest BCUT2D eigenvalue weighted by Gasteiger charge is -2.34. The molecule has 1 fully saturated rings. The number of benzene rings is 1. The van der Waals surface area contributed by atoms with E-state index in [0.29, 0.717) is 10.8 Å². The largest absolute Gasteiger partial charge is 0.313 e. The van der Waals surface area contributed by atoms with Gasteiger partial charge in [-0.1, -0.05) is 52.0 Å². The van der Waals surface area contributed by atoms with Crippen LogP contribution in [0.4, 0.5) is 0 Å². The Morgan fingerprint density at radius 2 is 1.90 bits per heavy atom. The minimum absolute atomic E-state index is 0.243. The van der Waals surface area contributed by atoms with E-state index >= 15 is 0 Å². The topological polar surface area (TPSA) is 12.0 Å². The molecule has 2 heteroatoms. The Morgan fingerprint density at radius 1 is 1.24 bits per heavy atom. The third-order valence-corrected chi connectivity index (χ3v) is 6.34. The first-order chi connectivity index (χ1) is 9.85. The van der Waals surface area contributed by atoms with Crippen molar-refractivity contribution < 1.29 is 0 Å². The van der Waals surface area contributed by atoms with E-state index in [1.165, 1.54) is 29.7 Å². The van der Waals surface area contributed by atoms with E-state index in [9.17, 15) is 0 Å². The summed E-state index contributed by atoms with van der Waals surface area (Å²) in [6.07, 6.45) is 3.85. The SMILES string of the molecule is CCNC(Cc1ccc(C(C)(C)C)cc1)C1(C)CCCS1. The second-order valence-corrected chi connectivity index (χ2v) is 9.16. The molecular formula is C19H31NS. The minimum atomic E-state index is 0.243. The molecular weight excluding hydrogens is 274 g/mol. The van der Waals surface area contributed by atoms with Crippen molar-refractivity contribution in [3.05, 3.63) is 35.4 Å². The summed E-state index contributed by atoms with van der Waals surface area (Å²) in [6, 6.07) is 9.85. The van der Waals surface area contributed by atoms with Crippen LogP contribution in [-0.4, -0.2) is 23.1 Å². The molecule has 0 bridgehead atoms. The number of rotatable bonds is 5. The van der Waals surface area contributed by atoms with Gasteiger partial charge in [0, 0.05) is 10.8 Å². The molecule has 0 aliphatic carbocycles. The van der Waals surface area contributed by atoms with Gasteiger partial charge in [-0.05, 0) is 55.0 Å². The smallest absolute Gasteiger partial charge is 0.0288 e. The number of hydrogen-bond donors (Lipinski definition) is 1. The van der Waals surface area contributed by atoms with Crippen molar-refractivity contribution in [1.82, 2.24) is 5.32 Å². The standard InChI is InChI=1S/C19H31NS/c1-6-20-17(19(5)12-7-13-21-19)14-15-8-10-16(11-9-15)18(2,3)4/h8-11,17,20H,6-7,12-14H2,1-5H3. The lowest BCUT2D eigenvalue weighted by atomic mass is 9.85. The van der Waals surface area contributed by atoms with Crippen molar-refractivity contribution in [2.45, 2.75) is 70.1 Å². The van der Waals surface area contributed by atoms with Crippen molar-refractivity contribution >= 4 is 11.8 Å². The molecule has 118 valence electrons. The number of likely N-dealkylation sites (N-methyl/N-ethyl adjacent to an activating group) is 1. The number of hydrogen-bond acceptors (Lipinski definition) is 2. The fourth-order valence-corrected chi connectivity index (χ4v) is 4.61. The van der Waals surface area contributed by atoms with Crippen molar-refractivity contribution in [3.63, 3.8) is 0 Å². The van der Waals surface area contributed by atoms with Gasteiger partial charge in [0.05, 0.1) is 0 Å². The van der Waals surface area contributed by atoms with Gasteiger partial charge in [-0.2, -0.15) is 11.8 Å². The Labute approximate surface area is 135 Å². The summed E-state index contributed by atoms with van der Waals surface area (Å²) in [4.78, 5) is 0. The highest BCUT2D eigenvalue weighted by Crippen LogP contribution is 2.41. The quantitative estimate of drug-likeness (QED) is 0.839. The van der Waals surface area contributed by atoms with Gasteiger partial charge in [-0.3, -0.25) is 0 Å². The van der Waals surface area contributed by atoms with Crippen LogP contribution in [0.1, 0.15) is 58.6 Å². The van der Waals surface area contributed by atoms with E-state index in [4.69, 9.17) is 0 Å². The summed E-state index contributed by atoms with van der Waals surface area (Å²) in [5.41, 5.74) is 3.13. The first kappa shape index (κ1) is 16.9. The second kappa shape index (κ2) is 6.75. The highest BCUT2D eigenvalue weighted by atomic mass is 32.2. The molecule has 2 atom stereocenters. The van der Waals surface area contributed by atoms with E-state index in [0.717, 1.165) is 13.0 Å². The average Bonchev–Trinajstić information content (AvgIpc) is 2.86. The average molecular weight is 306 g/mol. The van der Waals surface area contributed by atoms with Crippen molar-refractivity contribution in [3.8, 4) is 0 Å². The maximum atomic E-state index is 3.74. The highest BCUT2D eigenvalue weighted by molar-refractivity contribution is 8.00. The van der Waals surface area contributed by atoms with Crippen LogP contribution in [0.3, 0.4) is 0 Å². The van der Waals surface area contributed by atoms with Crippen LogP contribution in [0.5, 0.6) is 0 Å². The molecule has 1 N–H and O–H groups in total. The minimum Gasteiger partial charge on any atom is -0.313 e. The van der Waals surface area contributed by atoms with Gasteiger partial charge < -0.3 is 5.32 Å². The molecule has 0 radical (unpaired) electrons. The summed E-state index contributed by atoms with van der Waals surface area (Å²) >= 11 is 2.16. The molecule has 21 heavy (non-hydrogen) atoms. The molecule has 0 saturated carbocycles. The van der Waals surface area contributed by atoms with Crippen LogP contribution >= 0.6 is 11.8 Å². The van der Waals surface area contributed by atoms with Crippen LogP contribution in [0, 0.1) is 0 Å². The van der Waals surface area contributed by atoms with E-state index in [1.807, 2.05) is 0 Å². The Balaban J connectivity index is 2.10. The van der Waals surface area contributed by atoms with Crippen LogP contribution in [0.2, 0.25) is 0 Å². The predicted octanol–water partition coefficient (Wildman–Crippen LogP) is 4.79.